The first kappa shape index (κ1) is 21.0. The van der Waals surface area contributed by atoms with Gasteiger partial charge >= 0.3 is 0 Å². The van der Waals surface area contributed by atoms with Gasteiger partial charge in [-0.05, 0) is 72.6 Å². The predicted molar refractivity (Wildman–Crippen MR) is 134 cm³/mol. The van der Waals surface area contributed by atoms with Gasteiger partial charge in [0.15, 0.2) is 5.96 Å². The molecule has 2 N–H and O–H groups in total. The van der Waals surface area contributed by atoms with Gasteiger partial charge in [-0.25, -0.2) is 0 Å². The van der Waals surface area contributed by atoms with Crippen LogP contribution in [0, 0.1) is 11.8 Å². The van der Waals surface area contributed by atoms with Crippen LogP contribution in [0.25, 0.3) is 0 Å². The van der Waals surface area contributed by atoms with Gasteiger partial charge in [-0.1, -0.05) is 24.3 Å². The highest BCUT2D eigenvalue weighted by Gasteiger charge is 2.54. The fraction of sp³-hybridized carbons (Fsp3) is 0.522. The number of rotatable bonds is 5. The molecule has 3 unspecified atom stereocenters. The second-order valence-corrected chi connectivity index (χ2v) is 9.26. The second kappa shape index (κ2) is 9.25. The van der Waals surface area contributed by atoms with Crippen LogP contribution >= 0.6 is 35.3 Å². The van der Waals surface area contributed by atoms with Crippen LogP contribution in [-0.2, 0) is 6.42 Å². The monoisotopic (exact) mass is 522 g/mol. The van der Waals surface area contributed by atoms with Crippen molar-refractivity contribution in [3.05, 3.63) is 52.9 Å². The number of hydrogen-bond donors (Lipinski definition) is 2. The second-order valence-electron chi connectivity index (χ2n) is 8.33. The third-order valence-corrected chi connectivity index (χ3v) is 7.59. The van der Waals surface area contributed by atoms with E-state index < -0.39 is 0 Å². The molecule has 2 fully saturated rings. The van der Waals surface area contributed by atoms with Crippen molar-refractivity contribution in [2.45, 2.75) is 38.1 Å². The Labute approximate surface area is 195 Å². The van der Waals surface area contributed by atoms with E-state index in [9.17, 15) is 0 Å². The minimum Gasteiger partial charge on any atom is -0.363 e. The largest absolute Gasteiger partial charge is 0.363 e. The van der Waals surface area contributed by atoms with Crippen molar-refractivity contribution < 1.29 is 0 Å². The molecule has 29 heavy (non-hydrogen) atoms. The van der Waals surface area contributed by atoms with Gasteiger partial charge < -0.3 is 15.5 Å². The number of anilines is 1. The number of nitrogens with one attached hydrogen (secondary N) is 2. The Morgan fingerprint density at radius 2 is 2.00 bits per heavy atom. The Morgan fingerprint density at radius 1 is 1.17 bits per heavy atom. The Hall–Kier alpha value is -1.28. The summed E-state index contributed by atoms with van der Waals surface area (Å²) in [6.45, 7) is 6.27. The topological polar surface area (TPSA) is 39.7 Å². The van der Waals surface area contributed by atoms with Gasteiger partial charge in [0.05, 0.1) is 5.00 Å². The van der Waals surface area contributed by atoms with E-state index in [1.807, 2.05) is 11.3 Å². The van der Waals surface area contributed by atoms with Crippen LogP contribution in [-0.4, -0.2) is 38.2 Å². The molecule has 2 heterocycles. The van der Waals surface area contributed by atoms with Crippen LogP contribution in [0.5, 0.6) is 0 Å². The third-order valence-electron chi connectivity index (χ3n) is 6.66. The summed E-state index contributed by atoms with van der Waals surface area (Å²) in [5, 5.41) is 10.7. The van der Waals surface area contributed by atoms with Crippen molar-refractivity contribution in [3.63, 3.8) is 0 Å². The highest BCUT2D eigenvalue weighted by Crippen LogP contribution is 2.61. The van der Waals surface area contributed by atoms with E-state index in [1.54, 1.807) is 11.1 Å². The van der Waals surface area contributed by atoms with E-state index in [0.29, 0.717) is 6.04 Å². The number of nitrogens with zero attached hydrogens (tertiary/aromatic N) is 2. The van der Waals surface area contributed by atoms with E-state index >= 15 is 0 Å². The standard InChI is InChI=1S/C23H30N4S.HI/c1-2-24-23(26-17-9-11-27(12-10-17)21-8-5-13-28-21)25-15-20-19-14-16-6-3-4-7-18(16)22(19)20;/h3-8,13,17,19-20,22H,2,9-12,14-15H2,1H3,(H2,24,25,26);1H. The number of guanidine groups is 1. The number of aliphatic imine (C=N–C) groups is 1. The molecule has 1 aromatic heterocycles. The van der Waals surface area contributed by atoms with E-state index in [1.165, 1.54) is 24.3 Å². The summed E-state index contributed by atoms with van der Waals surface area (Å²) in [6.07, 6.45) is 3.60. The smallest absolute Gasteiger partial charge is 0.191 e. The van der Waals surface area contributed by atoms with Crippen molar-refractivity contribution in [2.24, 2.45) is 16.8 Å². The van der Waals surface area contributed by atoms with Crippen LogP contribution < -0.4 is 15.5 Å². The molecule has 1 saturated heterocycles. The lowest BCUT2D eigenvalue weighted by molar-refractivity contribution is 0.462. The number of benzene rings is 1. The lowest BCUT2D eigenvalue weighted by atomic mass is 10.0. The Bertz CT molecular complexity index is 829. The molecule has 0 radical (unpaired) electrons. The van der Waals surface area contributed by atoms with Crippen molar-refractivity contribution in [3.8, 4) is 0 Å². The molecule has 3 aliphatic rings. The van der Waals surface area contributed by atoms with E-state index in [-0.39, 0.29) is 24.0 Å². The summed E-state index contributed by atoms with van der Waals surface area (Å²) in [6, 6.07) is 13.9. The molecule has 0 spiro atoms. The van der Waals surface area contributed by atoms with Crippen LogP contribution in [0.2, 0.25) is 0 Å². The van der Waals surface area contributed by atoms with Gasteiger partial charge in [0.1, 0.15) is 0 Å². The summed E-state index contributed by atoms with van der Waals surface area (Å²) in [5.41, 5.74) is 3.16. The quantitative estimate of drug-likeness (QED) is 0.346. The Morgan fingerprint density at radius 3 is 2.76 bits per heavy atom. The maximum atomic E-state index is 4.98. The van der Waals surface area contributed by atoms with Gasteiger partial charge in [-0.2, -0.15) is 0 Å². The highest BCUT2D eigenvalue weighted by atomic mass is 127. The van der Waals surface area contributed by atoms with Crippen molar-refractivity contribution in [2.75, 3.05) is 31.1 Å². The van der Waals surface area contributed by atoms with Crippen LogP contribution in [0.1, 0.15) is 36.8 Å². The molecule has 156 valence electrons. The fourth-order valence-electron chi connectivity index (χ4n) is 5.14. The zero-order chi connectivity index (χ0) is 18.9. The molecular weight excluding hydrogens is 491 g/mol. The molecule has 5 rings (SSSR count). The first-order valence-corrected chi connectivity index (χ1v) is 11.6. The van der Waals surface area contributed by atoms with E-state index in [4.69, 9.17) is 4.99 Å². The molecule has 1 aromatic carbocycles. The van der Waals surface area contributed by atoms with Gasteiger partial charge in [0, 0.05) is 32.2 Å². The van der Waals surface area contributed by atoms with Gasteiger partial charge in [0.2, 0.25) is 0 Å². The van der Waals surface area contributed by atoms with E-state index in [2.05, 4.69) is 64.2 Å². The number of fused-ring (bicyclic) bond motifs is 3. The first-order chi connectivity index (χ1) is 13.8. The summed E-state index contributed by atoms with van der Waals surface area (Å²) in [7, 11) is 0. The average molecular weight is 523 g/mol. The Kier molecular flexibility index (Phi) is 6.69. The van der Waals surface area contributed by atoms with Crippen LogP contribution in [0.4, 0.5) is 5.00 Å². The zero-order valence-electron chi connectivity index (χ0n) is 17.0. The minimum absolute atomic E-state index is 0. The predicted octanol–water partition coefficient (Wildman–Crippen LogP) is 4.48. The number of hydrogen-bond acceptors (Lipinski definition) is 3. The molecular formula is C23H31IN4S. The lowest BCUT2D eigenvalue weighted by Gasteiger charge is -2.33. The molecule has 2 aromatic rings. The van der Waals surface area contributed by atoms with Crippen LogP contribution in [0.15, 0.2) is 46.8 Å². The maximum Gasteiger partial charge on any atom is 0.191 e. The van der Waals surface area contributed by atoms with Crippen LogP contribution in [0.3, 0.4) is 0 Å². The van der Waals surface area contributed by atoms with Gasteiger partial charge in [-0.3, -0.25) is 4.99 Å². The summed E-state index contributed by atoms with van der Waals surface area (Å²) < 4.78 is 0. The minimum atomic E-state index is 0. The highest BCUT2D eigenvalue weighted by molar-refractivity contribution is 14.0. The van der Waals surface area contributed by atoms with Gasteiger partial charge in [-0.15, -0.1) is 35.3 Å². The normalized spacial score (nSPS) is 25.8. The molecule has 6 heteroatoms. The third kappa shape index (κ3) is 4.43. The first-order valence-electron chi connectivity index (χ1n) is 10.7. The van der Waals surface area contributed by atoms with Crippen molar-refractivity contribution >= 4 is 46.3 Å². The Balaban J connectivity index is 0.00000205. The average Bonchev–Trinajstić information content (AvgIpc) is 3.08. The molecule has 1 saturated carbocycles. The zero-order valence-corrected chi connectivity index (χ0v) is 20.2. The summed E-state index contributed by atoms with van der Waals surface area (Å²) in [4.78, 5) is 7.49. The molecule has 0 amide bonds. The number of thiophene rings is 1. The molecule has 0 bridgehead atoms. The van der Waals surface area contributed by atoms with Crippen molar-refractivity contribution in [1.82, 2.24) is 10.6 Å². The SMILES string of the molecule is CCNC(=NCC1C2Cc3ccccc3C12)NC1CCN(c2cccs2)CC1.I. The van der Waals surface area contributed by atoms with E-state index in [0.717, 1.165) is 49.9 Å². The maximum absolute atomic E-state index is 4.98. The fourth-order valence-corrected chi connectivity index (χ4v) is 5.92. The van der Waals surface area contributed by atoms with Crippen molar-refractivity contribution in [1.29, 1.82) is 0 Å². The lowest BCUT2D eigenvalue weighted by Crippen LogP contribution is -2.48. The molecule has 3 atom stereocenters. The molecule has 2 aliphatic carbocycles. The summed E-state index contributed by atoms with van der Waals surface area (Å²) in [5.74, 6) is 3.34. The van der Waals surface area contributed by atoms with Gasteiger partial charge in [0.25, 0.3) is 0 Å². The molecule has 4 nitrogen and oxygen atoms in total. The number of piperidine rings is 1. The number of halogens is 1. The molecule has 1 aliphatic heterocycles. The summed E-state index contributed by atoms with van der Waals surface area (Å²) >= 11 is 1.84.